The smallest absolute Gasteiger partial charge is 0.252 e. The molecule has 2 amide bonds. The fourth-order valence-corrected chi connectivity index (χ4v) is 2.63. The van der Waals surface area contributed by atoms with Gasteiger partial charge in [-0.3, -0.25) is 9.59 Å². The molecule has 0 radical (unpaired) electrons. The van der Waals surface area contributed by atoms with Crippen molar-refractivity contribution in [2.45, 2.75) is 44.4 Å². The van der Waals surface area contributed by atoms with Crippen molar-refractivity contribution in [2.75, 3.05) is 19.6 Å². The molecule has 0 spiro atoms. The van der Waals surface area contributed by atoms with Crippen LogP contribution in [0.4, 0.5) is 0 Å². The highest BCUT2D eigenvalue weighted by Crippen LogP contribution is 2.22. The maximum absolute atomic E-state index is 12.4. The first kappa shape index (κ1) is 13.3. The summed E-state index contributed by atoms with van der Waals surface area (Å²) in [6.45, 7) is 3.54. The Morgan fingerprint density at radius 2 is 2.17 bits per heavy atom. The third-order valence-corrected chi connectivity index (χ3v) is 3.59. The van der Waals surface area contributed by atoms with Gasteiger partial charge in [-0.2, -0.15) is 0 Å². The highest BCUT2D eigenvalue weighted by molar-refractivity contribution is 5.86. The number of amides is 2. The van der Waals surface area contributed by atoms with Gasteiger partial charge in [-0.15, -0.1) is 0 Å². The van der Waals surface area contributed by atoms with E-state index in [4.69, 9.17) is 10.5 Å². The number of carbonyl (C=O) groups excluding carboxylic acids is 2. The fourth-order valence-electron chi connectivity index (χ4n) is 2.63. The minimum absolute atomic E-state index is 0.0145. The van der Waals surface area contributed by atoms with Gasteiger partial charge in [0.15, 0.2) is 0 Å². The van der Waals surface area contributed by atoms with Gasteiger partial charge in [-0.05, 0) is 32.7 Å². The number of nitrogens with zero attached hydrogens (tertiary/aromatic N) is 1. The van der Waals surface area contributed by atoms with Crippen LogP contribution in [0.3, 0.4) is 0 Å². The molecule has 2 rings (SSSR count). The number of primary amides is 1. The van der Waals surface area contributed by atoms with E-state index in [1.807, 2.05) is 6.92 Å². The number of ether oxygens (including phenoxy) is 1. The first-order valence-electron chi connectivity index (χ1n) is 6.53. The summed E-state index contributed by atoms with van der Waals surface area (Å²) in [5.74, 6) is -0.562. The van der Waals surface area contributed by atoms with E-state index < -0.39 is 12.0 Å². The van der Waals surface area contributed by atoms with Crippen LogP contribution in [0.5, 0.6) is 0 Å². The molecule has 0 aliphatic carbocycles. The van der Waals surface area contributed by atoms with Gasteiger partial charge in [0.25, 0.3) is 5.91 Å². The number of hydrogen-bond donors (Lipinski definition) is 2. The lowest BCUT2D eigenvalue weighted by Gasteiger charge is -2.29. The Labute approximate surface area is 107 Å². The Balaban J connectivity index is 2.02. The van der Waals surface area contributed by atoms with Gasteiger partial charge < -0.3 is 20.7 Å². The second kappa shape index (κ2) is 5.67. The molecule has 6 nitrogen and oxygen atoms in total. The van der Waals surface area contributed by atoms with Crippen LogP contribution in [-0.2, 0) is 14.3 Å². The third-order valence-electron chi connectivity index (χ3n) is 3.59. The van der Waals surface area contributed by atoms with E-state index in [9.17, 15) is 9.59 Å². The minimum Gasteiger partial charge on any atom is -0.368 e. The molecule has 2 heterocycles. The number of nitrogens with two attached hydrogens (primary N) is 1. The minimum atomic E-state index is -0.471. The van der Waals surface area contributed by atoms with Gasteiger partial charge in [-0.1, -0.05) is 0 Å². The second-order valence-corrected chi connectivity index (χ2v) is 5.09. The van der Waals surface area contributed by atoms with Crippen LogP contribution in [0.2, 0.25) is 0 Å². The zero-order valence-corrected chi connectivity index (χ0v) is 10.7. The molecule has 0 bridgehead atoms. The molecule has 3 N–H and O–H groups in total. The van der Waals surface area contributed by atoms with Crippen LogP contribution in [0, 0.1) is 0 Å². The largest absolute Gasteiger partial charge is 0.368 e. The SMILES string of the molecule is CC1CCC(C(=O)N(CC(N)=O)C2CCNC2)O1. The molecule has 6 heteroatoms. The van der Waals surface area contributed by atoms with Crippen LogP contribution in [0.1, 0.15) is 26.2 Å². The maximum Gasteiger partial charge on any atom is 0.252 e. The quantitative estimate of drug-likeness (QED) is 0.691. The molecule has 2 aliphatic rings. The third kappa shape index (κ3) is 3.00. The number of rotatable bonds is 4. The molecule has 0 aromatic rings. The molecular formula is C12H21N3O3. The standard InChI is InChI=1S/C12H21N3O3/c1-8-2-3-10(18-8)12(17)15(7-11(13)16)9-4-5-14-6-9/h8-10,14H,2-7H2,1H3,(H2,13,16). The van der Waals surface area contributed by atoms with Gasteiger partial charge in [0.05, 0.1) is 12.6 Å². The molecule has 2 saturated heterocycles. The van der Waals surface area contributed by atoms with Crippen molar-refractivity contribution in [1.29, 1.82) is 0 Å². The highest BCUT2D eigenvalue weighted by Gasteiger charge is 2.36. The Morgan fingerprint density at radius 3 is 2.67 bits per heavy atom. The van der Waals surface area contributed by atoms with Crippen molar-refractivity contribution in [2.24, 2.45) is 5.73 Å². The molecule has 0 aromatic heterocycles. The molecule has 3 unspecified atom stereocenters. The Hall–Kier alpha value is -1.14. The summed E-state index contributed by atoms with van der Waals surface area (Å²) >= 11 is 0. The molecule has 102 valence electrons. The van der Waals surface area contributed by atoms with Gasteiger partial charge in [-0.25, -0.2) is 0 Å². The van der Waals surface area contributed by atoms with Crippen LogP contribution in [-0.4, -0.2) is 54.6 Å². The molecular weight excluding hydrogens is 234 g/mol. The lowest BCUT2D eigenvalue weighted by molar-refractivity contribution is -0.147. The summed E-state index contributed by atoms with van der Waals surface area (Å²) in [5, 5.41) is 3.19. The van der Waals surface area contributed by atoms with Crippen molar-refractivity contribution in [3.8, 4) is 0 Å². The lowest BCUT2D eigenvalue weighted by Crippen LogP contribution is -2.50. The maximum atomic E-state index is 12.4. The predicted molar refractivity (Wildman–Crippen MR) is 65.8 cm³/mol. The van der Waals surface area contributed by atoms with Crippen molar-refractivity contribution in [1.82, 2.24) is 10.2 Å². The highest BCUT2D eigenvalue weighted by atomic mass is 16.5. The van der Waals surface area contributed by atoms with Crippen LogP contribution in [0.25, 0.3) is 0 Å². The molecule has 18 heavy (non-hydrogen) atoms. The van der Waals surface area contributed by atoms with Crippen LogP contribution < -0.4 is 11.1 Å². The van der Waals surface area contributed by atoms with E-state index in [0.29, 0.717) is 0 Å². The Kier molecular flexibility index (Phi) is 4.19. The zero-order chi connectivity index (χ0) is 13.1. The van der Waals surface area contributed by atoms with Crippen molar-refractivity contribution >= 4 is 11.8 Å². The Bertz CT molecular complexity index is 329. The first-order chi connectivity index (χ1) is 8.58. The number of hydrogen-bond acceptors (Lipinski definition) is 4. The van der Waals surface area contributed by atoms with Gasteiger partial charge in [0, 0.05) is 12.6 Å². The summed E-state index contributed by atoms with van der Waals surface area (Å²) in [5.41, 5.74) is 5.23. The normalized spacial score (nSPS) is 31.5. The summed E-state index contributed by atoms with van der Waals surface area (Å²) in [7, 11) is 0. The van der Waals surface area contributed by atoms with Crippen LogP contribution >= 0.6 is 0 Å². The molecule has 0 aromatic carbocycles. The number of nitrogens with one attached hydrogen (secondary N) is 1. The summed E-state index contributed by atoms with van der Waals surface area (Å²) in [6, 6.07) is 0.0597. The number of carbonyl (C=O) groups is 2. The predicted octanol–water partition coefficient (Wildman–Crippen LogP) is -0.770. The first-order valence-corrected chi connectivity index (χ1v) is 6.53. The van der Waals surface area contributed by atoms with E-state index in [1.54, 1.807) is 4.90 Å². The van der Waals surface area contributed by atoms with Crippen molar-refractivity contribution < 1.29 is 14.3 Å². The molecule has 0 saturated carbocycles. The molecule has 2 fully saturated rings. The average Bonchev–Trinajstić information content (AvgIpc) is 2.95. The van der Waals surface area contributed by atoms with Crippen molar-refractivity contribution in [3.05, 3.63) is 0 Å². The molecule has 3 atom stereocenters. The topological polar surface area (TPSA) is 84.7 Å². The zero-order valence-electron chi connectivity index (χ0n) is 10.7. The van der Waals surface area contributed by atoms with E-state index >= 15 is 0 Å². The summed E-state index contributed by atoms with van der Waals surface area (Å²) in [4.78, 5) is 25.1. The van der Waals surface area contributed by atoms with E-state index in [2.05, 4.69) is 5.32 Å². The van der Waals surface area contributed by atoms with E-state index in [-0.39, 0.29) is 24.6 Å². The lowest BCUT2D eigenvalue weighted by atomic mass is 10.1. The van der Waals surface area contributed by atoms with Crippen molar-refractivity contribution in [3.63, 3.8) is 0 Å². The summed E-state index contributed by atoms with van der Waals surface area (Å²) in [6.07, 6.45) is 2.21. The second-order valence-electron chi connectivity index (χ2n) is 5.09. The fraction of sp³-hybridized carbons (Fsp3) is 0.833. The molecule has 2 aliphatic heterocycles. The van der Waals surface area contributed by atoms with E-state index in [0.717, 1.165) is 32.4 Å². The van der Waals surface area contributed by atoms with Gasteiger partial charge >= 0.3 is 0 Å². The van der Waals surface area contributed by atoms with Crippen LogP contribution in [0.15, 0.2) is 0 Å². The summed E-state index contributed by atoms with van der Waals surface area (Å²) < 4.78 is 5.58. The monoisotopic (exact) mass is 255 g/mol. The van der Waals surface area contributed by atoms with Gasteiger partial charge in [0.2, 0.25) is 5.91 Å². The van der Waals surface area contributed by atoms with E-state index in [1.165, 1.54) is 0 Å². The average molecular weight is 255 g/mol. The van der Waals surface area contributed by atoms with Gasteiger partial charge in [0.1, 0.15) is 6.10 Å². The Morgan fingerprint density at radius 1 is 1.39 bits per heavy atom.